The maximum atomic E-state index is 5.37. The molecule has 1 fully saturated rings. The van der Waals surface area contributed by atoms with Gasteiger partial charge in [0.25, 0.3) is 0 Å². The van der Waals surface area contributed by atoms with Crippen molar-refractivity contribution in [2.75, 3.05) is 25.1 Å². The van der Waals surface area contributed by atoms with E-state index in [4.69, 9.17) is 4.74 Å². The zero-order chi connectivity index (χ0) is 12.3. The summed E-state index contributed by atoms with van der Waals surface area (Å²) < 4.78 is 7.61. The lowest BCUT2D eigenvalue weighted by Crippen LogP contribution is -2.22. The molecule has 1 aromatic carbocycles. The fraction of sp³-hybridized carbons (Fsp3) is 0.538. The van der Waals surface area contributed by atoms with Crippen LogP contribution in [0, 0.1) is 12.8 Å². The van der Waals surface area contributed by atoms with Gasteiger partial charge in [-0.1, -0.05) is 0 Å². The third kappa shape index (κ3) is 3.70. The maximum Gasteiger partial charge on any atom is 0.0629 e. The van der Waals surface area contributed by atoms with Crippen LogP contribution in [0.4, 0.5) is 5.69 Å². The predicted molar refractivity (Wildman–Crippen MR) is 78.6 cm³/mol. The number of aryl methyl sites for hydroxylation is 1. The molecule has 0 radical (unpaired) electrons. The van der Waals surface area contributed by atoms with E-state index in [0.717, 1.165) is 53.2 Å². The van der Waals surface area contributed by atoms with Crippen molar-refractivity contribution in [2.45, 2.75) is 19.8 Å². The molecule has 0 aromatic heterocycles. The molecular formula is C13H17Br2NO. The van der Waals surface area contributed by atoms with Gasteiger partial charge >= 0.3 is 0 Å². The van der Waals surface area contributed by atoms with Crippen LogP contribution in [0.1, 0.15) is 18.4 Å². The van der Waals surface area contributed by atoms with Crippen LogP contribution in [0.15, 0.2) is 21.1 Å². The molecule has 4 heteroatoms. The zero-order valence-electron chi connectivity index (χ0n) is 9.93. The summed E-state index contributed by atoms with van der Waals surface area (Å²) in [6.45, 7) is 4.92. The van der Waals surface area contributed by atoms with E-state index in [1.807, 2.05) is 0 Å². The van der Waals surface area contributed by atoms with E-state index in [9.17, 15) is 0 Å². The Labute approximate surface area is 119 Å². The summed E-state index contributed by atoms with van der Waals surface area (Å²) >= 11 is 7.21. The van der Waals surface area contributed by atoms with Crippen molar-refractivity contribution in [1.29, 1.82) is 0 Å². The highest BCUT2D eigenvalue weighted by Gasteiger charge is 2.14. The van der Waals surface area contributed by atoms with Crippen molar-refractivity contribution >= 4 is 37.5 Å². The van der Waals surface area contributed by atoms with Gasteiger partial charge in [0.1, 0.15) is 0 Å². The lowest BCUT2D eigenvalue weighted by molar-refractivity contribution is 0.0699. The first-order valence-electron chi connectivity index (χ1n) is 5.94. The predicted octanol–water partition coefficient (Wildman–Crippen LogP) is 4.36. The molecule has 0 bridgehead atoms. The largest absolute Gasteiger partial charge is 0.383 e. The van der Waals surface area contributed by atoms with E-state index in [-0.39, 0.29) is 0 Å². The molecule has 0 amide bonds. The Morgan fingerprint density at radius 1 is 1.24 bits per heavy atom. The Morgan fingerprint density at radius 3 is 2.41 bits per heavy atom. The summed E-state index contributed by atoms with van der Waals surface area (Å²) in [6.07, 6.45) is 2.32. The van der Waals surface area contributed by atoms with E-state index in [2.05, 4.69) is 56.2 Å². The Kier molecular flexibility index (Phi) is 4.88. The molecule has 1 aromatic rings. The molecule has 1 heterocycles. The van der Waals surface area contributed by atoms with Crippen LogP contribution in [-0.4, -0.2) is 19.8 Å². The van der Waals surface area contributed by atoms with Crippen molar-refractivity contribution in [1.82, 2.24) is 0 Å². The number of halogens is 2. The molecular weight excluding hydrogens is 346 g/mol. The second-order valence-electron chi connectivity index (χ2n) is 4.54. The van der Waals surface area contributed by atoms with E-state index in [1.165, 1.54) is 5.56 Å². The number of hydrogen-bond acceptors (Lipinski definition) is 2. The van der Waals surface area contributed by atoms with Crippen molar-refractivity contribution in [3.05, 3.63) is 26.6 Å². The molecule has 1 N–H and O–H groups in total. The first kappa shape index (κ1) is 13.4. The van der Waals surface area contributed by atoms with E-state index in [0.29, 0.717) is 0 Å². The Morgan fingerprint density at radius 2 is 1.82 bits per heavy atom. The molecule has 0 spiro atoms. The molecule has 2 rings (SSSR count). The molecule has 1 aliphatic rings. The van der Waals surface area contributed by atoms with Gasteiger partial charge in [-0.05, 0) is 75.2 Å². The standard InChI is InChI=1S/C13H17Br2NO/c1-9-6-11(14)13(12(15)7-9)16-8-10-2-4-17-5-3-10/h6-7,10,16H,2-5,8H2,1H3. The molecule has 94 valence electrons. The van der Waals surface area contributed by atoms with Crippen LogP contribution in [0.3, 0.4) is 0 Å². The average Bonchev–Trinajstić information content (AvgIpc) is 2.29. The quantitative estimate of drug-likeness (QED) is 0.862. The van der Waals surface area contributed by atoms with Gasteiger partial charge in [-0.25, -0.2) is 0 Å². The summed E-state index contributed by atoms with van der Waals surface area (Å²) in [7, 11) is 0. The van der Waals surface area contributed by atoms with Gasteiger partial charge in [0.2, 0.25) is 0 Å². The topological polar surface area (TPSA) is 21.3 Å². The van der Waals surface area contributed by atoms with Crippen LogP contribution in [-0.2, 0) is 4.74 Å². The molecule has 0 aliphatic carbocycles. The Hall–Kier alpha value is -0.0600. The second-order valence-corrected chi connectivity index (χ2v) is 6.25. The number of benzene rings is 1. The van der Waals surface area contributed by atoms with Crippen LogP contribution in [0.25, 0.3) is 0 Å². The van der Waals surface area contributed by atoms with Crippen molar-refractivity contribution in [3.8, 4) is 0 Å². The summed E-state index contributed by atoms with van der Waals surface area (Å²) in [5.74, 6) is 0.726. The number of nitrogens with one attached hydrogen (secondary N) is 1. The fourth-order valence-corrected chi connectivity index (χ4v) is 3.76. The molecule has 1 aliphatic heterocycles. The second kappa shape index (κ2) is 6.21. The molecule has 2 nitrogen and oxygen atoms in total. The van der Waals surface area contributed by atoms with Crippen molar-refractivity contribution in [3.63, 3.8) is 0 Å². The highest BCUT2D eigenvalue weighted by atomic mass is 79.9. The summed E-state index contributed by atoms with van der Waals surface area (Å²) in [6, 6.07) is 4.27. The number of hydrogen-bond donors (Lipinski definition) is 1. The van der Waals surface area contributed by atoms with Crippen LogP contribution < -0.4 is 5.32 Å². The van der Waals surface area contributed by atoms with Crippen LogP contribution in [0.2, 0.25) is 0 Å². The molecule has 0 atom stereocenters. The molecule has 17 heavy (non-hydrogen) atoms. The lowest BCUT2D eigenvalue weighted by Gasteiger charge is -2.23. The van der Waals surface area contributed by atoms with Crippen molar-refractivity contribution < 1.29 is 4.74 Å². The highest BCUT2D eigenvalue weighted by molar-refractivity contribution is 9.11. The fourth-order valence-electron chi connectivity index (χ4n) is 2.07. The van der Waals surface area contributed by atoms with Gasteiger partial charge in [0.15, 0.2) is 0 Å². The summed E-state index contributed by atoms with van der Waals surface area (Å²) in [5, 5.41) is 3.53. The average molecular weight is 363 g/mol. The SMILES string of the molecule is Cc1cc(Br)c(NCC2CCOCC2)c(Br)c1. The molecule has 0 saturated carbocycles. The Balaban J connectivity index is 1.98. The van der Waals surface area contributed by atoms with Gasteiger partial charge in [0.05, 0.1) is 5.69 Å². The summed E-state index contributed by atoms with van der Waals surface area (Å²) in [5.41, 5.74) is 2.41. The number of anilines is 1. The van der Waals surface area contributed by atoms with Gasteiger partial charge in [0, 0.05) is 28.7 Å². The van der Waals surface area contributed by atoms with Gasteiger partial charge in [-0.2, -0.15) is 0 Å². The minimum absolute atomic E-state index is 0.726. The third-order valence-electron chi connectivity index (χ3n) is 3.09. The monoisotopic (exact) mass is 361 g/mol. The van der Waals surface area contributed by atoms with Crippen LogP contribution in [0.5, 0.6) is 0 Å². The molecule has 0 unspecified atom stereocenters. The maximum absolute atomic E-state index is 5.37. The lowest BCUT2D eigenvalue weighted by atomic mass is 10.0. The smallest absolute Gasteiger partial charge is 0.0629 e. The Bertz CT molecular complexity index is 366. The minimum atomic E-state index is 0.726. The number of ether oxygens (including phenoxy) is 1. The van der Waals surface area contributed by atoms with Crippen LogP contribution >= 0.6 is 31.9 Å². The summed E-state index contributed by atoms with van der Waals surface area (Å²) in [4.78, 5) is 0. The number of rotatable bonds is 3. The van der Waals surface area contributed by atoms with Gasteiger partial charge in [-0.15, -0.1) is 0 Å². The third-order valence-corrected chi connectivity index (χ3v) is 4.35. The van der Waals surface area contributed by atoms with Gasteiger partial charge < -0.3 is 10.1 Å². The molecule has 1 saturated heterocycles. The first-order chi connectivity index (χ1) is 8.16. The van der Waals surface area contributed by atoms with E-state index >= 15 is 0 Å². The van der Waals surface area contributed by atoms with E-state index in [1.54, 1.807) is 0 Å². The van der Waals surface area contributed by atoms with Gasteiger partial charge in [-0.3, -0.25) is 0 Å². The first-order valence-corrected chi connectivity index (χ1v) is 7.52. The van der Waals surface area contributed by atoms with Crippen molar-refractivity contribution in [2.24, 2.45) is 5.92 Å². The normalized spacial score (nSPS) is 17.1. The van der Waals surface area contributed by atoms with E-state index < -0.39 is 0 Å². The highest BCUT2D eigenvalue weighted by Crippen LogP contribution is 2.32. The zero-order valence-corrected chi connectivity index (χ0v) is 13.1. The minimum Gasteiger partial charge on any atom is -0.383 e.